The van der Waals surface area contributed by atoms with Crippen molar-refractivity contribution in [1.29, 1.82) is 0 Å². The zero-order chi connectivity index (χ0) is 19.9. The third-order valence-corrected chi connectivity index (χ3v) is 5.94. The molecule has 1 aliphatic rings. The molecule has 2 heterocycles. The zero-order valence-corrected chi connectivity index (χ0v) is 20.4. The van der Waals surface area contributed by atoms with Crippen LogP contribution in [-0.4, -0.2) is 37.0 Å². The van der Waals surface area contributed by atoms with E-state index in [2.05, 4.69) is 52.0 Å². The van der Waals surface area contributed by atoms with Gasteiger partial charge in [0.2, 0.25) is 5.91 Å². The Labute approximate surface area is 194 Å². The van der Waals surface area contributed by atoms with Crippen LogP contribution in [-0.2, 0) is 17.8 Å². The number of aromatic nitrogens is 1. The Hall–Kier alpha value is -1.68. The summed E-state index contributed by atoms with van der Waals surface area (Å²) in [7, 11) is 1.77. The van der Waals surface area contributed by atoms with Crippen LogP contribution < -0.4 is 15.5 Å². The molecule has 3 rings (SSSR count). The van der Waals surface area contributed by atoms with Crippen LogP contribution >= 0.6 is 35.3 Å². The molecule has 6 nitrogen and oxygen atoms in total. The van der Waals surface area contributed by atoms with Crippen molar-refractivity contribution in [3.63, 3.8) is 0 Å². The number of rotatable bonds is 7. The van der Waals surface area contributed by atoms with Crippen LogP contribution in [0.1, 0.15) is 48.9 Å². The zero-order valence-electron chi connectivity index (χ0n) is 17.3. The lowest BCUT2D eigenvalue weighted by molar-refractivity contribution is -0.117. The highest BCUT2D eigenvalue weighted by atomic mass is 127. The molecule has 1 aromatic carbocycles. The predicted molar refractivity (Wildman–Crippen MR) is 132 cm³/mol. The summed E-state index contributed by atoms with van der Waals surface area (Å²) < 4.78 is 0. The summed E-state index contributed by atoms with van der Waals surface area (Å²) in [6.07, 6.45) is 2.48. The van der Waals surface area contributed by atoms with Crippen molar-refractivity contribution in [2.45, 2.75) is 45.6 Å². The minimum absolute atomic E-state index is 0. The van der Waals surface area contributed by atoms with Gasteiger partial charge in [-0.3, -0.25) is 9.79 Å². The molecule has 1 saturated heterocycles. The first-order chi connectivity index (χ1) is 13.6. The molecule has 1 aromatic heterocycles. The van der Waals surface area contributed by atoms with Gasteiger partial charge in [0.1, 0.15) is 0 Å². The molecule has 8 heteroatoms. The van der Waals surface area contributed by atoms with E-state index in [9.17, 15) is 4.79 Å². The maximum absolute atomic E-state index is 11.8. The van der Waals surface area contributed by atoms with Crippen molar-refractivity contribution >= 4 is 52.9 Å². The fourth-order valence-corrected chi connectivity index (χ4v) is 4.00. The van der Waals surface area contributed by atoms with Crippen LogP contribution in [0.25, 0.3) is 0 Å². The second-order valence-electron chi connectivity index (χ2n) is 7.25. The first-order valence-electron chi connectivity index (χ1n) is 9.85. The lowest BCUT2D eigenvalue weighted by Gasteiger charge is -2.16. The van der Waals surface area contributed by atoms with Crippen molar-refractivity contribution in [1.82, 2.24) is 15.6 Å². The number of nitrogens with zero attached hydrogens (tertiary/aromatic N) is 3. The van der Waals surface area contributed by atoms with E-state index in [4.69, 9.17) is 0 Å². The van der Waals surface area contributed by atoms with E-state index in [0.717, 1.165) is 48.8 Å². The molecule has 0 atom stereocenters. The number of benzene rings is 1. The van der Waals surface area contributed by atoms with E-state index >= 15 is 0 Å². The van der Waals surface area contributed by atoms with Crippen LogP contribution in [0.15, 0.2) is 34.6 Å². The molecule has 0 radical (unpaired) electrons. The third-order valence-electron chi connectivity index (χ3n) is 4.74. The van der Waals surface area contributed by atoms with Crippen molar-refractivity contribution in [2.24, 2.45) is 4.99 Å². The van der Waals surface area contributed by atoms with Crippen molar-refractivity contribution < 1.29 is 4.79 Å². The van der Waals surface area contributed by atoms with Crippen LogP contribution in [0.3, 0.4) is 0 Å². The van der Waals surface area contributed by atoms with E-state index < -0.39 is 0 Å². The smallest absolute Gasteiger partial charge is 0.227 e. The van der Waals surface area contributed by atoms with Crippen LogP contribution in [0.4, 0.5) is 5.69 Å². The van der Waals surface area contributed by atoms with Crippen molar-refractivity contribution in [3.05, 3.63) is 45.9 Å². The molecule has 0 aliphatic carbocycles. The Bertz CT molecular complexity index is 819. The summed E-state index contributed by atoms with van der Waals surface area (Å²) in [5.74, 6) is 1.48. The third kappa shape index (κ3) is 6.67. The Balaban J connectivity index is 0.00000300. The Morgan fingerprint density at radius 3 is 2.62 bits per heavy atom. The largest absolute Gasteiger partial charge is 0.356 e. The molecule has 0 unspecified atom stereocenters. The van der Waals surface area contributed by atoms with E-state index in [1.54, 1.807) is 18.4 Å². The molecule has 1 amide bonds. The number of guanidine groups is 1. The second-order valence-corrected chi connectivity index (χ2v) is 8.14. The lowest BCUT2D eigenvalue weighted by Crippen LogP contribution is -2.37. The van der Waals surface area contributed by atoms with Gasteiger partial charge in [-0.2, -0.15) is 0 Å². The maximum atomic E-state index is 11.8. The van der Waals surface area contributed by atoms with E-state index in [1.165, 1.54) is 5.01 Å². The average Bonchev–Trinajstić information content (AvgIpc) is 3.34. The van der Waals surface area contributed by atoms with Crippen molar-refractivity contribution in [3.8, 4) is 0 Å². The summed E-state index contributed by atoms with van der Waals surface area (Å²) in [6.45, 7) is 6.63. The molecule has 29 heavy (non-hydrogen) atoms. The SMILES string of the molecule is CN=C(NCCc1csc(C(C)C)n1)NCc1ccc(N2CCCC2=O)cc1.I. The van der Waals surface area contributed by atoms with Gasteiger partial charge in [-0.05, 0) is 24.1 Å². The van der Waals surface area contributed by atoms with Gasteiger partial charge >= 0.3 is 0 Å². The normalized spacial score (nSPS) is 14.3. The van der Waals surface area contributed by atoms with Crippen molar-refractivity contribution in [2.75, 3.05) is 25.0 Å². The van der Waals surface area contributed by atoms with Gasteiger partial charge in [0.25, 0.3) is 0 Å². The fourth-order valence-electron chi connectivity index (χ4n) is 3.13. The lowest BCUT2D eigenvalue weighted by atomic mass is 10.2. The summed E-state index contributed by atoms with van der Waals surface area (Å²) in [6, 6.07) is 8.16. The highest BCUT2D eigenvalue weighted by molar-refractivity contribution is 14.0. The van der Waals surface area contributed by atoms with Gasteiger partial charge in [0.05, 0.1) is 10.7 Å². The van der Waals surface area contributed by atoms with E-state index in [1.807, 2.05) is 17.0 Å². The molecule has 0 bridgehead atoms. The number of halogens is 1. The molecular weight excluding hydrogens is 497 g/mol. The number of anilines is 1. The van der Waals surface area contributed by atoms with Gasteiger partial charge in [-0.15, -0.1) is 35.3 Å². The minimum atomic E-state index is 0. The monoisotopic (exact) mass is 527 g/mol. The number of nitrogens with one attached hydrogen (secondary N) is 2. The number of amides is 1. The first-order valence-corrected chi connectivity index (χ1v) is 10.7. The Morgan fingerprint density at radius 2 is 2.03 bits per heavy atom. The van der Waals surface area contributed by atoms with Gasteiger partial charge in [-0.25, -0.2) is 4.98 Å². The standard InChI is InChI=1S/C21H29N5OS.HI/c1-15(2)20-25-17(14-28-20)10-11-23-21(22-3)24-13-16-6-8-18(9-7-16)26-12-4-5-19(26)27;/h6-9,14-15H,4-5,10-13H2,1-3H3,(H2,22,23,24);1H. The summed E-state index contributed by atoms with van der Waals surface area (Å²) in [5, 5.41) is 10.0. The predicted octanol–water partition coefficient (Wildman–Crippen LogP) is 3.92. The maximum Gasteiger partial charge on any atom is 0.227 e. The molecule has 2 N–H and O–H groups in total. The van der Waals surface area contributed by atoms with Gasteiger partial charge in [0.15, 0.2) is 5.96 Å². The average molecular weight is 527 g/mol. The number of thiazole rings is 1. The number of carbonyl (C=O) groups is 1. The fraction of sp³-hybridized carbons (Fsp3) is 0.476. The number of carbonyl (C=O) groups excluding carboxylic acids is 1. The van der Waals surface area contributed by atoms with Crippen LogP contribution in [0, 0.1) is 0 Å². The summed E-state index contributed by atoms with van der Waals surface area (Å²) in [4.78, 5) is 22.6. The van der Waals surface area contributed by atoms with Gasteiger partial charge in [0, 0.05) is 56.5 Å². The highest BCUT2D eigenvalue weighted by Crippen LogP contribution is 2.21. The van der Waals surface area contributed by atoms with E-state index in [-0.39, 0.29) is 29.9 Å². The number of hydrogen-bond acceptors (Lipinski definition) is 4. The molecule has 158 valence electrons. The topological polar surface area (TPSA) is 69.6 Å². The number of hydrogen-bond donors (Lipinski definition) is 2. The van der Waals surface area contributed by atoms with Gasteiger partial charge in [-0.1, -0.05) is 26.0 Å². The Morgan fingerprint density at radius 1 is 1.28 bits per heavy atom. The minimum Gasteiger partial charge on any atom is -0.356 e. The molecular formula is C21H30IN5OS. The van der Waals surface area contributed by atoms with E-state index in [0.29, 0.717) is 18.9 Å². The Kier molecular flexibility index (Phi) is 9.35. The second kappa shape index (κ2) is 11.5. The van der Waals surface area contributed by atoms with Crippen LogP contribution in [0.2, 0.25) is 0 Å². The molecule has 1 fully saturated rings. The molecule has 0 spiro atoms. The summed E-state index contributed by atoms with van der Waals surface area (Å²) >= 11 is 1.73. The van der Waals surface area contributed by atoms with Gasteiger partial charge < -0.3 is 15.5 Å². The molecule has 2 aromatic rings. The quantitative estimate of drug-likeness (QED) is 0.326. The van der Waals surface area contributed by atoms with Crippen LogP contribution in [0.5, 0.6) is 0 Å². The molecule has 1 aliphatic heterocycles. The summed E-state index contributed by atoms with van der Waals surface area (Å²) in [5.41, 5.74) is 3.26. The first kappa shape index (κ1) is 23.6. The number of aliphatic imine (C=N–C) groups is 1. The highest BCUT2D eigenvalue weighted by Gasteiger charge is 2.21. The molecule has 0 saturated carbocycles.